The molecule has 10 heteroatoms. The molecular formula is C17H23N3O7. The fourth-order valence-electron chi connectivity index (χ4n) is 2.55. The van der Waals surface area contributed by atoms with Gasteiger partial charge < -0.3 is 19.4 Å². The molecule has 1 saturated heterocycles. The molecule has 0 spiro atoms. The number of hydrogen-bond acceptors (Lipinski definition) is 9. The molecule has 1 N–H and O–H groups in total. The fraction of sp³-hybridized carbons (Fsp3) is 0.471. The summed E-state index contributed by atoms with van der Waals surface area (Å²) in [6, 6.07) is 4.75. The van der Waals surface area contributed by atoms with E-state index in [2.05, 4.69) is 9.74 Å². The lowest BCUT2D eigenvalue weighted by Crippen LogP contribution is -2.48. The summed E-state index contributed by atoms with van der Waals surface area (Å²) in [5.41, 5.74) is 0.701. The van der Waals surface area contributed by atoms with Crippen molar-refractivity contribution < 1.29 is 29.3 Å². The first-order valence-electron chi connectivity index (χ1n) is 8.42. The first-order valence-corrected chi connectivity index (χ1v) is 8.42. The first kappa shape index (κ1) is 20.5. The largest absolute Gasteiger partial charge is 0.504 e. The normalized spacial score (nSPS) is 15.6. The Morgan fingerprint density at radius 3 is 2.67 bits per heavy atom. The lowest BCUT2D eigenvalue weighted by molar-refractivity contribution is -0.757. The summed E-state index contributed by atoms with van der Waals surface area (Å²) >= 11 is 0. The summed E-state index contributed by atoms with van der Waals surface area (Å²) in [7, 11) is 1.45. The molecule has 0 unspecified atom stereocenters. The zero-order chi connectivity index (χ0) is 19.6. The van der Waals surface area contributed by atoms with Crippen LogP contribution in [0.2, 0.25) is 0 Å². The molecule has 1 fully saturated rings. The Bertz CT molecular complexity index is 672. The van der Waals surface area contributed by atoms with E-state index in [1.54, 1.807) is 18.2 Å². The maximum Gasteiger partial charge on any atom is 0.332 e. The molecule has 1 aromatic rings. The number of esters is 1. The quantitative estimate of drug-likeness (QED) is 0.286. The van der Waals surface area contributed by atoms with Gasteiger partial charge in [-0.2, -0.15) is 0 Å². The molecule has 27 heavy (non-hydrogen) atoms. The Kier molecular flexibility index (Phi) is 7.83. The van der Waals surface area contributed by atoms with E-state index >= 15 is 0 Å². The van der Waals surface area contributed by atoms with E-state index in [0.717, 1.165) is 13.1 Å². The first-order chi connectivity index (χ1) is 13.0. The number of phenolic OH excluding ortho intramolecular Hbond substituents is 1. The second-order valence-electron chi connectivity index (χ2n) is 5.87. The number of hydrogen-bond donors (Lipinski definition) is 1. The lowest BCUT2D eigenvalue weighted by Gasteiger charge is -2.33. The third kappa shape index (κ3) is 7.12. The highest BCUT2D eigenvalue weighted by atomic mass is 16.9. The van der Waals surface area contributed by atoms with Gasteiger partial charge in [0.25, 0.3) is 5.09 Å². The van der Waals surface area contributed by atoms with Crippen LogP contribution in [0, 0.1) is 10.1 Å². The van der Waals surface area contributed by atoms with E-state index in [4.69, 9.17) is 9.47 Å². The van der Waals surface area contributed by atoms with Crippen LogP contribution in [-0.2, 0) is 14.4 Å². The maximum atomic E-state index is 11.8. The third-order valence-corrected chi connectivity index (χ3v) is 4.07. The number of methoxy groups -OCH3 is 1. The standard InChI is InChI=1S/C17H23N3O7/c1-25-16-12-14(2-4-15(16)21)3-5-17(22)26-13-19-8-6-18(7-9-19)10-11-27-20(23)24/h2-5,12,21H,6-11,13H2,1H3/b5-3+. The number of aromatic hydroxyl groups is 1. The smallest absolute Gasteiger partial charge is 0.332 e. The molecule has 148 valence electrons. The number of phenols is 1. The number of ether oxygens (including phenoxy) is 2. The van der Waals surface area contributed by atoms with Crippen LogP contribution in [0.25, 0.3) is 6.08 Å². The molecule has 1 heterocycles. The molecular weight excluding hydrogens is 358 g/mol. The molecule has 0 radical (unpaired) electrons. The van der Waals surface area contributed by atoms with Crippen molar-refractivity contribution in [2.45, 2.75) is 0 Å². The van der Waals surface area contributed by atoms with Crippen LogP contribution >= 0.6 is 0 Å². The molecule has 1 aromatic carbocycles. The van der Waals surface area contributed by atoms with Gasteiger partial charge in [0, 0.05) is 38.8 Å². The SMILES string of the molecule is COc1cc(/C=C/C(=O)OCN2CCN(CCO[N+](=O)[O-])CC2)ccc1O. The number of benzene rings is 1. The Morgan fingerprint density at radius 1 is 1.30 bits per heavy atom. The highest BCUT2D eigenvalue weighted by molar-refractivity contribution is 5.87. The molecule has 10 nitrogen and oxygen atoms in total. The summed E-state index contributed by atoms with van der Waals surface area (Å²) < 4.78 is 10.2. The molecule has 0 saturated carbocycles. The van der Waals surface area contributed by atoms with Gasteiger partial charge in [0.15, 0.2) is 11.5 Å². The van der Waals surface area contributed by atoms with Crippen LogP contribution in [0.15, 0.2) is 24.3 Å². The van der Waals surface area contributed by atoms with Crippen molar-refractivity contribution in [3.63, 3.8) is 0 Å². The van der Waals surface area contributed by atoms with Crippen LogP contribution in [0.4, 0.5) is 0 Å². The fourth-order valence-corrected chi connectivity index (χ4v) is 2.55. The average molecular weight is 381 g/mol. The van der Waals surface area contributed by atoms with Crippen LogP contribution in [0.1, 0.15) is 5.56 Å². The van der Waals surface area contributed by atoms with Gasteiger partial charge in [-0.05, 0) is 23.8 Å². The highest BCUT2D eigenvalue weighted by Crippen LogP contribution is 2.26. The second kappa shape index (κ2) is 10.3. The zero-order valence-electron chi connectivity index (χ0n) is 15.1. The number of nitrogens with zero attached hydrogens (tertiary/aromatic N) is 3. The van der Waals surface area contributed by atoms with Crippen molar-refractivity contribution in [1.29, 1.82) is 0 Å². The summed E-state index contributed by atoms with van der Waals surface area (Å²) in [6.45, 7) is 3.57. The molecule has 0 bridgehead atoms. The summed E-state index contributed by atoms with van der Waals surface area (Å²) in [4.78, 5) is 30.3. The van der Waals surface area contributed by atoms with Gasteiger partial charge in [-0.3, -0.25) is 9.80 Å². The summed E-state index contributed by atoms with van der Waals surface area (Å²) in [6.07, 6.45) is 2.90. The van der Waals surface area contributed by atoms with E-state index in [9.17, 15) is 20.0 Å². The van der Waals surface area contributed by atoms with Crippen molar-refractivity contribution in [1.82, 2.24) is 9.80 Å². The van der Waals surface area contributed by atoms with Crippen molar-refractivity contribution in [2.24, 2.45) is 0 Å². The van der Waals surface area contributed by atoms with Crippen molar-refractivity contribution >= 4 is 12.0 Å². The predicted octanol–water partition coefficient (Wildman–Crippen LogP) is 0.741. The van der Waals surface area contributed by atoms with Crippen LogP contribution in [-0.4, -0.2) is 79.1 Å². The molecule has 1 aliphatic heterocycles. The van der Waals surface area contributed by atoms with Crippen molar-refractivity contribution in [2.75, 3.05) is 53.2 Å². The van der Waals surface area contributed by atoms with E-state index in [-0.39, 0.29) is 19.1 Å². The number of piperazine rings is 1. The number of rotatable bonds is 9. The van der Waals surface area contributed by atoms with E-state index in [0.29, 0.717) is 30.9 Å². The zero-order valence-corrected chi connectivity index (χ0v) is 15.1. The molecule has 0 aliphatic carbocycles. The minimum absolute atomic E-state index is 0.0290. The molecule has 0 atom stereocenters. The van der Waals surface area contributed by atoms with Gasteiger partial charge in [0.2, 0.25) is 0 Å². The van der Waals surface area contributed by atoms with Gasteiger partial charge in [-0.25, -0.2) is 4.79 Å². The average Bonchev–Trinajstić information content (AvgIpc) is 2.66. The maximum absolute atomic E-state index is 11.8. The van der Waals surface area contributed by atoms with Gasteiger partial charge in [0.1, 0.15) is 13.3 Å². The minimum Gasteiger partial charge on any atom is -0.504 e. The Hall–Kier alpha value is -2.85. The Balaban J connectivity index is 1.68. The Morgan fingerprint density at radius 2 is 2.00 bits per heavy atom. The Labute approximate surface area is 156 Å². The van der Waals surface area contributed by atoms with E-state index in [1.165, 1.54) is 19.3 Å². The molecule has 0 aromatic heterocycles. The second-order valence-corrected chi connectivity index (χ2v) is 5.87. The monoisotopic (exact) mass is 381 g/mol. The molecule has 0 amide bonds. The summed E-state index contributed by atoms with van der Waals surface area (Å²) in [5, 5.41) is 18.9. The van der Waals surface area contributed by atoms with Crippen LogP contribution in [0.5, 0.6) is 11.5 Å². The van der Waals surface area contributed by atoms with Gasteiger partial charge in [-0.15, -0.1) is 10.1 Å². The molecule has 1 aliphatic rings. The lowest BCUT2D eigenvalue weighted by atomic mass is 10.2. The number of carbonyl (C=O) groups is 1. The van der Waals surface area contributed by atoms with Gasteiger partial charge in [-0.1, -0.05) is 6.07 Å². The predicted molar refractivity (Wildman–Crippen MR) is 95.6 cm³/mol. The summed E-state index contributed by atoms with van der Waals surface area (Å²) in [5.74, 6) is -0.114. The van der Waals surface area contributed by atoms with Crippen LogP contribution < -0.4 is 4.74 Å². The number of carbonyl (C=O) groups excluding carboxylic acids is 1. The highest BCUT2D eigenvalue weighted by Gasteiger charge is 2.17. The van der Waals surface area contributed by atoms with Gasteiger partial charge >= 0.3 is 5.97 Å². The van der Waals surface area contributed by atoms with Gasteiger partial charge in [0.05, 0.1) is 7.11 Å². The topological polar surface area (TPSA) is 115 Å². The third-order valence-electron chi connectivity index (χ3n) is 4.07. The van der Waals surface area contributed by atoms with Crippen LogP contribution in [0.3, 0.4) is 0 Å². The minimum atomic E-state index is -0.794. The van der Waals surface area contributed by atoms with E-state index in [1.807, 2.05) is 4.90 Å². The van der Waals surface area contributed by atoms with E-state index < -0.39 is 11.1 Å². The van der Waals surface area contributed by atoms with Crippen molar-refractivity contribution in [3.8, 4) is 11.5 Å². The van der Waals surface area contributed by atoms with Crippen molar-refractivity contribution in [3.05, 3.63) is 40.0 Å². The molecule has 2 rings (SSSR count).